The minimum Gasteiger partial charge on any atom is -0.350 e. The van der Waals surface area contributed by atoms with Gasteiger partial charge in [-0.2, -0.15) is 0 Å². The van der Waals surface area contributed by atoms with Crippen LogP contribution in [-0.2, 0) is 29.0 Å². The summed E-state index contributed by atoms with van der Waals surface area (Å²) >= 11 is 0. The van der Waals surface area contributed by atoms with E-state index in [0.717, 1.165) is 28.9 Å². The van der Waals surface area contributed by atoms with Crippen molar-refractivity contribution in [2.45, 2.75) is 25.8 Å². The van der Waals surface area contributed by atoms with Crippen molar-refractivity contribution in [1.82, 2.24) is 10.3 Å². The Bertz CT molecular complexity index is 698. The standard InChI is InChI=1S/C17H17N3O2/c21-16-7-5-13-9-12(4-6-15(13)20-16)10-17(22)19-11-14-3-1-2-8-18-14/h1-4,6,8-9H,5,7,10-11H2,(H,19,22)(H,20,21). The summed E-state index contributed by atoms with van der Waals surface area (Å²) in [5.41, 5.74) is 3.74. The van der Waals surface area contributed by atoms with Crippen molar-refractivity contribution in [3.63, 3.8) is 0 Å². The minimum atomic E-state index is -0.0366. The highest BCUT2D eigenvalue weighted by molar-refractivity contribution is 5.94. The van der Waals surface area contributed by atoms with Gasteiger partial charge < -0.3 is 10.6 Å². The lowest BCUT2D eigenvalue weighted by molar-refractivity contribution is -0.120. The van der Waals surface area contributed by atoms with Crippen molar-refractivity contribution in [3.8, 4) is 0 Å². The Morgan fingerprint density at radius 1 is 1.23 bits per heavy atom. The van der Waals surface area contributed by atoms with Crippen molar-refractivity contribution in [2.24, 2.45) is 0 Å². The number of rotatable bonds is 4. The monoisotopic (exact) mass is 295 g/mol. The fraction of sp³-hybridized carbons (Fsp3) is 0.235. The average molecular weight is 295 g/mol. The molecule has 22 heavy (non-hydrogen) atoms. The summed E-state index contributed by atoms with van der Waals surface area (Å²) in [6, 6.07) is 11.4. The summed E-state index contributed by atoms with van der Waals surface area (Å²) in [5.74, 6) is 0.0128. The van der Waals surface area contributed by atoms with Gasteiger partial charge in [0.1, 0.15) is 0 Å². The molecule has 112 valence electrons. The molecular formula is C17H17N3O2. The number of pyridine rings is 1. The fourth-order valence-electron chi connectivity index (χ4n) is 2.49. The number of amides is 2. The Kier molecular flexibility index (Phi) is 4.14. The first-order valence-corrected chi connectivity index (χ1v) is 7.29. The van der Waals surface area contributed by atoms with Gasteiger partial charge in [-0.1, -0.05) is 18.2 Å². The molecule has 0 aliphatic carbocycles. The first-order chi connectivity index (χ1) is 10.7. The SMILES string of the molecule is O=C(Cc1ccc2c(c1)CCC(=O)N2)NCc1ccccn1. The number of fused-ring (bicyclic) bond motifs is 1. The Labute approximate surface area is 128 Å². The van der Waals surface area contributed by atoms with Crippen LogP contribution in [0.15, 0.2) is 42.6 Å². The highest BCUT2D eigenvalue weighted by Crippen LogP contribution is 2.23. The quantitative estimate of drug-likeness (QED) is 0.904. The zero-order valence-electron chi connectivity index (χ0n) is 12.1. The lowest BCUT2D eigenvalue weighted by Crippen LogP contribution is -2.25. The third-order valence-corrected chi connectivity index (χ3v) is 3.62. The molecule has 2 N–H and O–H groups in total. The Morgan fingerprint density at radius 3 is 2.95 bits per heavy atom. The van der Waals surface area contributed by atoms with Gasteiger partial charge in [0.25, 0.3) is 0 Å². The zero-order valence-corrected chi connectivity index (χ0v) is 12.1. The van der Waals surface area contributed by atoms with Gasteiger partial charge in [-0.15, -0.1) is 0 Å². The van der Waals surface area contributed by atoms with Gasteiger partial charge in [0.15, 0.2) is 0 Å². The van der Waals surface area contributed by atoms with Crippen LogP contribution in [0.4, 0.5) is 5.69 Å². The second kappa shape index (κ2) is 6.39. The molecule has 2 amide bonds. The summed E-state index contributed by atoms with van der Waals surface area (Å²) in [4.78, 5) is 27.5. The Balaban J connectivity index is 1.59. The molecule has 0 spiro atoms. The van der Waals surface area contributed by atoms with Gasteiger partial charge in [0.2, 0.25) is 11.8 Å². The summed E-state index contributed by atoms with van der Waals surface area (Å²) < 4.78 is 0. The summed E-state index contributed by atoms with van der Waals surface area (Å²) in [6.07, 6.45) is 3.26. The van der Waals surface area contributed by atoms with Crippen LogP contribution in [-0.4, -0.2) is 16.8 Å². The smallest absolute Gasteiger partial charge is 0.224 e. The van der Waals surface area contributed by atoms with E-state index in [0.29, 0.717) is 19.4 Å². The second-order valence-corrected chi connectivity index (χ2v) is 5.31. The molecule has 1 aromatic carbocycles. The van der Waals surface area contributed by atoms with E-state index in [1.807, 2.05) is 36.4 Å². The largest absolute Gasteiger partial charge is 0.350 e. The van der Waals surface area contributed by atoms with E-state index in [2.05, 4.69) is 15.6 Å². The predicted molar refractivity (Wildman–Crippen MR) is 83.2 cm³/mol. The number of hydrogen-bond donors (Lipinski definition) is 2. The molecule has 5 heteroatoms. The zero-order chi connectivity index (χ0) is 15.4. The van der Waals surface area contributed by atoms with Crippen LogP contribution in [0.1, 0.15) is 23.2 Å². The van der Waals surface area contributed by atoms with E-state index >= 15 is 0 Å². The van der Waals surface area contributed by atoms with E-state index in [9.17, 15) is 9.59 Å². The maximum atomic E-state index is 12.0. The molecular weight excluding hydrogens is 278 g/mol. The van der Waals surface area contributed by atoms with Gasteiger partial charge in [0.05, 0.1) is 18.7 Å². The highest BCUT2D eigenvalue weighted by atomic mass is 16.2. The molecule has 0 unspecified atom stereocenters. The first-order valence-electron chi connectivity index (χ1n) is 7.29. The molecule has 0 fully saturated rings. The van der Waals surface area contributed by atoms with Crippen molar-refractivity contribution < 1.29 is 9.59 Å². The van der Waals surface area contributed by atoms with Crippen LogP contribution in [0.25, 0.3) is 0 Å². The van der Waals surface area contributed by atoms with Crippen molar-refractivity contribution >= 4 is 17.5 Å². The summed E-state index contributed by atoms with van der Waals surface area (Å²) in [6.45, 7) is 0.431. The molecule has 0 saturated carbocycles. The third-order valence-electron chi connectivity index (χ3n) is 3.62. The van der Waals surface area contributed by atoms with Gasteiger partial charge in [-0.3, -0.25) is 14.6 Å². The number of benzene rings is 1. The molecule has 2 aromatic rings. The molecule has 0 saturated heterocycles. The van der Waals surface area contributed by atoms with Crippen molar-refractivity contribution in [2.75, 3.05) is 5.32 Å². The third kappa shape index (κ3) is 3.49. The first kappa shape index (κ1) is 14.3. The minimum absolute atomic E-state index is 0.0366. The summed E-state index contributed by atoms with van der Waals surface area (Å²) in [7, 11) is 0. The van der Waals surface area contributed by atoms with E-state index < -0.39 is 0 Å². The van der Waals surface area contributed by atoms with Crippen molar-refractivity contribution in [1.29, 1.82) is 0 Å². The number of carbonyl (C=O) groups excluding carboxylic acids is 2. The number of aryl methyl sites for hydroxylation is 1. The Morgan fingerprint density at radius 2 is 2.14 bits per heavy atom. The number of carbonyl (C=O) groups is 2. The number of hydrogen-bond acceptors (Lipinski definition) is 3. The molecule has 2 heterocycles. The number of nitrogens with zero attached hydrogens (tertiary/aromatic N) is 1. The number of anilines is 1. The number of aromatic nitrogens is 1. The van der Waals surface area contributed by atoms with E-state index in [1.165, 1.54) is 0 Å². The van der Waals surface area contributed by atoms with Crippen LogP contribution in [0.5, 0.6) is 0 Å². The fourth-order valence-corrected chi connectivity index (χ4v) is 2.49. The molecule has 1 aliphatic heterocycles. The van der Waals surface area contributed by atoms with Crippen molar-refractivity contribution in [3.05, 3.63) is 59.4 Å². The van der Waals surface area contributed by atoms with E-state index in [1.54, 1.807) is 6.20 Å². The molecule has 1 aliphatic rings. The average Bonchev–Trinajstić information content (AvgIpc) is 2.54. The topological polar surface area (TPSA) is 71.1 Å². The predicted octanol–water partition coefficient (Wildman–Crippen LogP) is 1.83. The van der Waals surface area contributed by atoms with Crippen LogP contribution in [0.3, 0.4) is 0 Å². The van der Waals surface area contributed by atoms with Gasteiger partial charge in [-0.25, -0.2) is 0 Å². The van der Waals surface area contributed by atoms with Gasteiger partial charge >= 0.3 is 0 Å². The lowest BCUT2D eigenvalue weighted by atomic mass is 9.99. The molecule has 1 aromatic heterocycles. The maximum Gasteiger partial charge on any atom is 0.224 e. The molecule has 0 bridgehead atoms. The highest BCUT2D eigenvalue weighted by Gasteiger charge is 2.15. The molecule has 3 rings (SSSR count). The molecule has 0 radical (unpaired) electrons. The van der Waals surface area contributed by atoms with Crippen LogP contribution < -0.4 is 10.6 Å². The van der Waals surface area contributed by atoms with Gasteiger partial charge in [0, 0.05) is 18.3 Å². The number of nitrogens with one attached hydrogen (secondary N) is 2. The van der Waals surface area contributed by atoms with Crippen LogP contribution in [0, 0.1) is 0 Å². The second-order valence-electron chi connectivity index (χ2n) is 5.31. The van der Waals surface area contributed by atoms with Crippen LogP contribution >= 0.6 is 0 Å². The maximum absolute atomic E-state index is 12.0. The lowest BCUT2D eigenvalue weighted by Gasteiger charge is -2.17. The van der Waals surface area contributed by atoms with E-state index in [-0.39, 0.29) is 11.8 Å². The molecule has 0 atom stereocenters. The summed E-state index contributed by atoms with van der Waals surface area (Å²) in [5, 5.41) is 5.70. The van der Waals surface area contributed by atoms with E-state index in [4.69, 9.17) is 0 Å². The van der Waals surface area contributed by atoms with Gasteiger partial charge in [-0.05, 0) is 35.7 Å². The van der Waals surface area contributed by atoms with Crippen LogP contribution in [0.2, 0.25) is 0 Å². The molecule has 5 nitrogen and oxygen atoms in total. The normalized spacial score (nSPS) is 13.2. The Hall–Kier alpha value is -2.69.